The van der Waals surface area contributed by atoms with E-state index >= 15 is 0 Å². The van der Waals surface area contributed by atoms with Gasteiger partial charge >= 0.3 is 0 Å². The second-order valence-electron chi connectivity index (χ2n) is 6.74. The molecule has 3 aromatic rings. The van der Waals surface area contributed by atoms with E-state index in [2.05, 4.69) is 20.0 Å². The highest BCUT2D eigenvalue weighted by molar-refractivity contribution is 5.31. The molecular formula is C18H18F3N5. The number of likely N-dealkylation sites (tertiary alicyclic amines) is 1. The van der Waals surface area contributed by atoms with E-state index in [-0.39, 0.29) is 5.92 Å². The fourth-order valence-corrected chi connectivity index (χ4v) is 3.65. The maximum atomic E-state index is 13.5. The molecule has 0 N–H and O–H groups in total. The zero-order valence-corrected chi connectivity index (χ0v) is 14.3. The predicted octanol–water partition coefficient (Wildman–Crippen LogP) is 3.23. The molecule has 0 amide bonds. The third-order valence-electron chi connectivity index (χ3n) is 4.78. The van der Waals surface area contributed by atoms with Crippen LogP contribution in [0.1, 0.15) is 35.7 Å². The number of benzene rings is 1. The molecule has 0 spiro atoms. The van der Waals surface area contributed by atoms with Crippen LogP contribution in [-0.4, -0.2) is 37.6 Å². The van der Waals surface area contributed by atoms with Crippen molar-refractivity contribution in [1.29, 1.82) is 0 Å². The summed E-state index contributed by atoms with van der Waals surface area (Å²) in [7, 11) is 0. The van der Waals surface area contributed by atoms with Crippen molar-refractivity contribution < 1.29 is 13.2 Å². The molecule has 8 heteroatoms. The quantitative estimate of drug-likeness (QED) is 0.672. The second-order valence-corrected chi connectivity index (χ2v) is 6.74. The van der Waals surface area contributed by atoms with Crippen molar-refractivity contribution in [2.45, 2.75) is 32.2 Å². The summed E-state index contributed by atoms with van der Waals surface area (Å²) in [5, 5.41) is 4.26. The number of hydrogen-bond donors (Lipinski definition) is 0. The Balaban J connectivity index is 1.57. The highest BCUT2D eigenvalue weighted by atomic mass is 19.2. The van der Waals surface area contributed by atoms with Crippen LogP contribution in [0.2, 0.25) is 0 Å². The van der Waals surface area contributed by atoms with Crippen LogP contribution >= 0.6 is 0 Å². The molecule has 1 unspecified atom stereocenters. The maximum absolute atomic E-state index is 13.5. The van der Waals surface area contributed by atoms with E-state index in [1.807, 2.05) is 13.0 Å². The van der Waals surface area contributed by atoms with Gasteiger partial charge in [0, 0.05) is 24.7 Å². The molecule has 0 saturated carbocycles. The predicted molar refractivity (Wildman–Crippen MR) is 89.1 cm³/mol. The summed E-state index contributed by atoms with van der Waals surface area (Å²) in [5.74, 6) is -2.94. The van der Waals surface area contributed by atoms with Gasteiger partial charge < -0.3 is 0 Å². The van der Waals surface area contributed by atoms with Gasteiger partial charge in [-0.25, -0.2) is 22.7 Å². The Labute approximate surface area is 148 Å². The minimum atomic E-state index is -1.42. The fraction of sp³-hybridized carbons (Fsp3) is 0.389. The zero-order chi connectivity index (χ0) is 18.3. The number of piperidine rings is 1. The average Bonchev–Trinajstić information content (AvgIpc) is 3.07. The molecule has 26 heavy (non-hydrogen) atoms. The lowest BCUT2D eigenvalue weighted by atomic mass is 9.93. The van der Waals surface area contributed by atoms with Crippen molar-refractivity contribution in [2.24, 2.45) is 0 Å². The van der Waals surface area contributed by atoms with Crippen molar-refractivity contribution in [2.75, 3.05) is 13.1 Å². The van der Waals surface area contributed by atoms with Gasteiger partial charge in [0.15, 0.2) is 17.5 Å². The summed E-state index contributed by atoms with van der Waals surface area (Å²) < 4.78 is 41.8. The SMILES string of the molecule is Cc1cc(C2CCCN(Cc3cc(F)c(F)c(F)c3)C2)n2ncnc2n1. The summed E-state index contributed by atoms with van der Waals surface area (Å²) in [6.07, 6.45) is 3.42. The van der Waals surface area contributed by atoms with Gasteiger partial charge in [-0.15, -0.1) is 0 Å². The Bertz CT molecular complexity index is 932. The Hall–Kier alpha value is -2.48. The Kier molecular flexibility index (Phi) is 4.36. The fourth-order valence-electron chi connectivity index (χ4n) is 3.65. The molecule has 4 rings (SSSR count). The number of aromatic nitrogens is 4. The van der Waals surface area contributed by atoms with Crippen LogP contribution in [0.3, 0.4) is 0 Å². The second kappa shape index (κ2) is 6.68. The molecule has 1 aliphatic heterocycles. The van der Waals surface area contributed by atoms with Crippen LogP contribution in [0.25, 0.3) is 5.78 Å². The molecule has 1 saturated heterocycles. The molecule has 0 radical (unpaired) electrons. The van der Waals surface area contributed by atoms with Crippen LogP contribution in [0.15, 0.2) is 24.5 Å². The lowest BCUT2D eigenvalue weighted by molar-refractivity contribution is 0.197. The molecule has 1 fully saturated rings. The molecule has 136 valence electrons. The Morgan fingerprint density at radius 2 is 1.92 bits per heavy atom. The summed E-state index contributed by atoms with van der Waals surface area (Å²) in [6, 6.07) is 4.13. The monoisotopic (exact) mass is 361 g/mol. The molecule has 1 aromatic carbocycles. The van der Waals surface area contributed by atoms with E-state index in [0.717, 1.165) is 49.5 Å². The third-order valence-corrected chi connectivity index (χ3v) is 4.78. The molecule has 0 bridgehead atoms. The molecule has 3 heterocycles. The van der Waals surface area contributed by atoms with Crippen molar-refractivity contribution >= 4 is 5.78 Å². The average molecular weight is 361 g/mol. The van der Waals surface area contributed by atoms with Gasteiger partial charge in [-0.2, -0.15) is 10.1 Å². The summed E-state index contributed by atoms with van der Waals surface area (Å²) in [6.45, 7) is 3.83. The first-order valence-corrected chi connectivity index (χ1v) is 8.54. The van der Waals surface area contributed by atoms with Crippen LogP contribution < -0.4 is 0 Å². The van der Waals surface area contributed by atoms with Gasteiger partial charge in [-0.1, -0.05) is 0 Å². The molecule has 5 nitrogen and oxygen atoms in total. The van der Waals surface area contributed by atoms with E-state index in [0.29, 0.717) is 17.9 Å². The van der Waals surface area contributed by atoms with E-state index < -0.39 is 17.5 Å². The van der Waals surface area contributed by atoms with Gasteiger partial charge in [0.25, 0.3) is 5.78 Å². The standard InChI is InChI=1S/C18H18F3N5/c1-11-5-16(26-18(24-11)22-10-23-26)13-3-2-4-25(9-13)8-12-6-14(19)17(21)15(20)7-12/h5-7,10,13H,2-4,8-9H2,1H3. The van der Waals surface area contributed by atoms with E-state index in [1.54, 1.807) is 4.52 Å². The summed E-state index contributed by atoms with van der Waals surface area (Å²) >= 11 is 0. The highest BCUT2D eigenvalue weighted by Crippen LogP contribution is 2.28. The number of hydrogen-bond acceptors (Lipinski definition) is 4. The minimum absolute atomic E-state index is 0.213. The first-order chi connectivity index (χ1) is 12.5. The Morgan fingerprint density at radius 3 is 2.69 bits per heavy atom. The summed E-state index contributed by atoms with van der Waals surface area (Å²) in [5.41, 5.74) is 2.34. The van der Waals surface area contributed by atoms with Gasteiger partial charge in [-0.05, 0) is 50.1 Å². The normalized spacial score (nSPS) is 18.5. The minimum Gasteiger partial charge on any atom is -0.298 e. The van der Waals surface area contributed by atoms with Crippen LogP contribution in [0.5, 0.6) is 0 Å². The molecule has 0 aliphatic carbocycles. The smallest absolute Gasteiger partial charge is 0.252 e. The van der Waals surface area contributed by atoms with Crippen molar-refractivity contribution in [3.05, 3.63) is 58.9 Å². The number of nitrogens with zero attached hydrogens (tertiary/aromatic N) is 5. The van der Waals surface area contributed by atoms with Crippen molar-refractivity contribution in [1.82, 2.24) is 24.5 Å². The van der Waals surface area contributed by atoms with Gasteiger partial charge in [0.05, 0.1) is 5.69 Å². The maximum Gasteiger partial charge on any atom is 0.252 e. The topological polar surface area (TPSA) is 46.3 Å². The number of aryl methyl sites for hydroxylation is 1. The van der Waals surface area contributed by atoms with E-state index in [9.17, 15) is 13.2 Å². The third kappa shape index (κ3) is 3.16. The van der Waals surface area contributed by atoms with Crippen LogP contribution in [0.4, 0.5) is 13.2 Å². The van der Waals surface area contributed by atoms with Crippen LogP contribution in [0, 0.1) is 24.4 Å². The van der Waals surface area contributed by atoms with Gasteiger partial charge in [0.2, 0.25) is 0 Å². The number of halogens is 3. The first-order valence-electron chi connectivity index (χ1n) is 8.54. The number of fused-ring (bicyclic) bond motifs is 1. The van der Waals surface area contributed by atoms with Crippen molar-refractivity contribution in [3.63, 3.8) is 0 Å². The van der Waals surface area contributed by atoms with Crippen LogP contribution in [-0.2, 0) is 6.54 Å². The first kappa shape index (κ1) is 17.0. The number of rotatable bonds is 3. The molecule has 1 atom stereocenters. The van der Waals surface area contributed by atoms with Gasteiger partial charge in [0.1, 0.15) is 6.33 Å². The van der Waals surface area contributed by atoms with E-state index in [4.69, 9.17) is 0 Å². The zero-order valence-electron chi connectivity index (χ0n) is 14.3. The highest BCUT2D eigenvalue weighted by Gasteiger charge is 2.25. The largest absolute Gasteiger partial charge is 0.298 e. The van der Waals surface area contributed by atoms with Crippen molar-refractivity contribution in [3.8, 4) is 0 Å². The van der Waals surface area contributed by atoms with Gasteiger partial charge in [-0.3, -0.25) is 4.90 Å². The Morgan fingerprint density at radius 1 is 1.15 bits per heavy atom. The van der Waals surface area contributed by atoms with E-state index in [1.165, 1.54) is 6.33 Å². The lowest BCUT2D eigenvalue weighted by Gasteiger charge is -2.33. The molecule has 1 aliphatic rings. The lowest BCUT2D eigenvalue weighted by Crippen LogP contribution is -2.34. The molecule has 2 aromatic heterocycles. The molecular weight excluding hydrogens is 343 g/mol. The summed E-state index contributed by atoms with van der Waals surface area (Å²) in [4.78, 5) is 10.6.